The fourth-order valence-electron chi connectivity index (χ4n) is 1.87. The summed E-state index contributed by atoms with van der Waals surface area (Å²) in [6.07, 6.45) is 5.10. The lowest BCUT2D eigenvalue weighted by Gasteiger charge is -2.07. The Morgan fingerprint density at radius 3 is 2.54 bits per heavy atom. The Labute approximate surface area is 148 Å². The van der Waals surface area contributed by atoms with Crippen LogP contribution in [0, 0.1) is 0 Å². The average molecular weight is 389 g/mol. The van der Waals surface area contributed by atoms with Crippen LogP contribution in [0.3, 0.4) is 0 Å². The fraction of sp³-hybridized carbons (Fsp3) is 0.111. The third kappa shape index (κ3) is 5.24. The second kappa shape index (κ2) is 8.88. The zero-order chi connectivity index (χ0) is 17.4. The minimum absolute atomic E-state index is 0.115. The predicted molar refractivity (Wildman–Crippen MR) is 96.1 cm³/mol. The van der Waals surface area contributed by atoms with Gasteiger partial charge in [0, 0.05) is 6.54 Å². The zero-order valence-corrected chi connectivity index (χ0v) is 14.7. The lowest BCUT2D eigenvalue weighted by Crippen LogP contribution is -2.34. The number of benzene rings is 1. The molecule has 1 aromatic heterocycles. The van der Waals surface area contributed by atoms with E-state index in [1.165, 1.54) is 6.07 Å². The van der Waals surface area contributed by atoms with E-state index >= 15 is 0 Å². The summed E-state index contributed by atoms with van der Waals surface area (Å²) in [4.78, 5) is 24.2. The second-order valence-electron chi connectivity index (χ2n) is 4.77. The van der Waals surface area contributed by atoms with Gasteiger partial charge in [-0.2, -0.15) is 0 Å². The molecule has 24 heavy (non-hydrogen) atoms. The summed E-state index contributed by atoms with van der Waals surface area (Å²) in [5, 5.41) is 5.22. The maximum Gasteiger partial charge on any atom is 0.291 e. The van der Waals surface area contributed by atoms with Crippen LogP contribution in [0.2, 0.25) is 0 Å². The number of rotatable bonds is 6. The highest BCUT2D eigenvalue weighted by atomic mass is 79.9. The molecule has 0 saturated carbocycles. The SMILES string of the molecule is CCNC(=O)C(=CC=Cc1ccccc1)NC(=O)c1ccc(Br)o1. The Balaban J connectivity index is 2.15. The molecule has 0 bridgehead atoms. The highest BCUT2D eigenvalue weighted by Crippen LogP contribution is 2.14. The molecule has 0 atom stereocenters. The molecule has 2 amide bonds. The van der Waals surface area contributed by atoms with E-state index in [9.17, 15) is 9.59 Å². The van der Waals surface area contributed by atoms with Crippen molar-refractivity contribution in [2.45, 2.75) is 6.92 Å². The molecule has 2 N–H and O–H groups in total. The Morgan fingerprint density at radius 2 is 1.92 bits per heavy atom. The number of allylic oxidation sites excluding steroid dienone is 2. The number of carbonyl (C=O) groups is 2. The van der Waals surface area contributed by atoms with E-state index in [-0.39, 0.29) is 17.4 Å². The number of hydrogen-bond donors (Lipinski definition) is 2. The van der Waals surface area contributed by atoms with Crippen molar-refractivity contribution in [3.63, 3.8) is 0 Å². The smallest absolute Gasteiger partial charge is 0.291 e. The summed E-state index contributed by atoms with van der Waals surface area (Å²) >= 11 is 3.14. The third-order valence-electron chi connectivity index (χ3n) is 2.98. The van der Waals surface area contributed by atoms with Gasteiger partial charge >= 0.3 is 0 Å². The maximum absolute atomic E-state index is 12.1. The number of hydrogen-bond acceptors (Lipinski definition) is 3. The van der Waals surface area contributed by atoms with E-state index < -0.39 is 5.91 Å². The van der Waals surface area contributed by atoms with E-state index in [1.54, 1.807) is 25.1 Å². The van der Waals surface area contributed by atoms with Crippen molar-refractivity contribution >= 4 is 33.8 Å². The van der Waals surface area contributed by atoms with Crippen LogP contribution in [0.4, 0.5) is 0 Å². The van der Waals surface area contributed by atoms with Crippen molar-refractivity contribution in [1.29, 1.82) is 0 Å². The highest BCUT2D eigenvalue weighted by Gasteiger charge is 2.15. The predicted octanol–water partition coefficient (Wildman–Crippen LogP) is 3.51. The van der Waals surface area contributed by atoms with E-state index in [2.05, 4.69) is 26.6 Å². The molecule has 0 unspecified atom stereocenters. The number of likely N-dealkylation sites (N-methyl/N-ethyl adjacent to an activating group) is 1. The van der Waals surface area contributed by atoms with Gasteiger partial charge in [0.1, 0.15) is 5.70 Å². The average Bonchev–Trinajstić information content (AvgIpc) is 3.01. The first-order valence-corrected chi connectivity index (χ1v) is 8.17. The molecule has 0 aliphatic rings. The summed E-state index contributed by atoms with van der Waals surface area (Å²) in [6.45, 7) is 2.27. The summed E-state index contributed by atoms with van der Waals surface area (Å²) < 4.78 is 5.63. The van der Waals surface area contributed by atoms with Crippen LogP contribution in [-0.2, 0) is 4.79 Å². The second-order valence-corrected chi connectivity index (χ2v) is 5.55. The van der Waals surface area contributed by atoms with Crippen LogP contribution >= 0.6 is 15.9 Å². The van der Waals surface area contributed by atoms with Crippen molar-refractivity contribution in [1.82, 2.24) is 10.6 Å². The summed E-state index contributed by atoms with van der Waals surface area (Å²) in [7, 11) is 0. The van der Waals surface area contributed by atoms with Crippen LogP contribution in [0.1, 0.15) is 23.0 Å². The largest absolute Gasteiger partial charge is 0.444 e. The molecular weight excluding hydrogens is 372 g/mol. The first-order valence-electron chi connectivity index (χ1n) is 7.38. The molecule has 1 heterocycles. The van der Waals surface area contributed by atoms with Crippen molar-refractivity contribution in [2.75, 3.05) is 6.54 Å². The normalized spacial score (nSPS) is 11.5. The zero-order valence-electron chi connectivity index (χ0n) is 13.1. The first kappa shape index (κ1) is 17.7. The topological polar surface area (TPSA) is 71.3 Å². The monoisotopic (exact) mass is 388 g/mol. The molecule has 5 nitrogen and oxygen atoms in total. The Kier molecular flexibility index (Phi) is 6.57. The molecule has 1 aromatic carbocycles. The molecule has 6 heteroatoms. The van der Waals surface area contributed by atoms with Gasteiger partial charge in [-0.3, -0.25) is 9.59 Å². The highest BCUT2D eigenvalue weighted by molar-refractivity contribution is 9.10. The minimum Gasteiger partial charge on any atom is -0.444 e. The molecule has 0 aliphatic carbocycles. The van der Waals surface area contributed by atoms with Crippen LogP contribution in [0.15, 0.2) is 69.4 Å². The van der Waals surface area contributed by atoms with Gasteiger partial charge in [-0.15, -0.1) is 0 Å². The van der Waals surface area contributed by atoms with Crippen LogP contribution in [-0.4, -0.2) is 18.4 Å². The number of amides is 2. The molecule has 0 fully saturated rings. The molecule has 2 rings (SSSR count). The molecule has 0 spiro atoms. The van der Waals surface area contributed by atoms with E-state index in [1.807, 2.05) is 36.4 Å². The van der Waals surface area contributed by atoms with Gasteiger partial charge in [-0.05, 0) is 46.6 Å². The van der Waals surface area contributed by atoms with Crippen LogP contribution in [0.5, 0.6) is 0 Å². The number of nitrogens with one attached hydrogen (secondary N) is 2. The van der Waals surface area contributed by atoms with Crippen LogP contribution in [0.25, 0.3) is 6.08 Å². The first-order chi connectivity index (χ1) is 11.6. The number of halogens is 1. The van der Waals surface area contributed by atoms with Crippen molar-refractivity contribution in [2.24, 2.45) is 0 Å². The third-order valence-corrected chi connectivity index (χ3v) is 3.40. The van der Waals surface area contributed by atoms with Gasteiger partial charge < -0.3 is 15.1 Å². The number of furan rings is 1. The van der Waals surface area contributed by atoms with Crippen molar-refractivity contribution in [3.05, 3.63) is 76.3 Å². The van der Waals surface area contributed by atoms with Gasteiger partial charge in [-0.25, -0.2) is 0 Å². The molecule has 0 saturated heterocycles. The fourth-order valence-corrected chi connectivity index (χ4v) is 2.18. The molecule has 0 aliphatic heterocycles. The van der Waals surface area contributed by atoms with E-state index in [0.29, 0.717) is 11.2 Å². The Bertz CT molecular complexity index is 764. The Hall–Kier alpha value is -2.60. The molecule has 124 valence electrons. The van der Waals surface area contributed by atoms with Gasteiger partial charge in [-0.1, -0.05) is 42.5 Å². The summed E-state index contributed by atoms with van der Waals surface area (Å²) in [6, 6.07) is 12.8. The van der Waals surface area contributed by atoms with Gasteiger partial charge in [0.15, 0.2) is 10.4 Å². The Morgan fingerprint density at radius 1 is 1.17 bits per heavy atom. The van der Waals surface area contributed by atoms with Gasteiger partial charge in [0.05, 0.1) is 0 Å². The lowest BCUT2D eigenvalue weighted by atomic mass is 10.2. The quantitative estimate of drug-likeness (QED) is 0.587. The van der Waals surface area contributed by atoms with Crippen LogP contribution < -0.4 is 10.6 Å². The lowest BCUT2D eigenvalue weighted by molar-refractivity contribution is -0.117. The molecule has 2 aromatic rings. The van der Waals surface area contributed by atoms with Gasteiger partial charge in [0.2, 0.25) is 0 Å². The minimum atomic E-state index is -0.494. The summed E-state index contributed by atoms with van der Waals surface area (Å²) in [5.74, 6) is -0.746. The standard InChI is InChI=1S/C18H17BrN2O3/c1-2-20-17(22)14(10-6-9-13-7-4-3-5-8-13)21-18(23)15-11-12-16(19)24-15/h3-12H,2H2,1H3,(H,20,22)(H,21,23). The van der Waals surface area contributed by atoms with Crippen molar-refractivity contribution < 1.29 is 14.0 Å². The number of carbonyl (C=O) groups excluding carboxylic acids is 2. The van der Waals surface area contributed by atoms with E-state index in [0.717, 1.165) is 5.56 Å². The molecular formula is C18H17BrN2O3. The van der Waals surface area contributed by atoms with E-state index in [4.69, 9.17) is 4.42 Å². The maximum atomic E-state index is 12.1. The molecule has 0 radical (unpaired) electrons. The van der Waals surface area contributed by atoms with Crippen molar-refractivity contribution in [3.8, 4) is 0 Å². The van der Waals surface area contributed by atoms with Gasteiger partial charge in [0.25, 0.3) is 11.8 Å². The summed E-state index contributed by atoms with van der Waals surface area (Å²) in [5.41, 5.74) is 1.13.